The second-order valence-corrected chi connectivity index (χ2v) is 8.41. The minimum absolute atomic E-state index is 0.378. The van der Waals surface area contributed by atoms with Crippen LogP contribution < -0.4 is 10.2 Å². The number of aromatic nitrogens is 2. The van der Waals surface area contributed by atoms with Crippen LogP contribution in [-0.4, -0.2) is 42.1 Å². The molecule has 1 fully saturated rings. The smallest absolute Gasteiger partial charge is 0.208 e. The third-order valence-corrected chi connectivity index (χ3v) is 6.26. The van der Waals surface area contributed by atoms with Gasteiger partial charge in [0.25, 0.3) is 0 Å². The summed E-state index contributed by atoms with van der Waals surface area (Å²) in [5.41, 5.74) is 0.378. The van der Waals surface area contributed by atoms with E-state index in [0.29, 0.717) is 16.7 Å². The van der Waals surface area contributed by atoms with E-state index in [-0.39, 0.29) is 0 Å². The SMILES string of the molecule is CCNC1C(Sc2nnc(N(C)C)s2)CCC1(C)C. The van der Waals surface area contributed by atoms with Crippen LogP contribution in [0.25, 0.3) is 0 Å². The molecule has 4 nitrogen and oxygen atoms in total. The molecule has 2 unspecified atom stereocenters. The van der Waals surface area contributed by atoms with Crippen LogP contribution >= 0.6 is 23.1 Å². The molecular formula is C13H24N4S2. The summed E-state index contributed by atoms with van der Waals surface area (Å²) in [4.78, 5) is 2.02. The van der Waals surface area contributed by atoms with Gasteiger partial charge in [-0.25, -0.2) is 0 Å². The van der Waals surface area contributed by atoms with Crippen LogP contribution in [0.4, 0.5) is 5.13 Å². The molecule has 0 bridgehead atoms. The van der Waals surface area contributed by atoms with Crippen LogP contribution in [0.1, 0.15) is 33.6 Å². The number of nitrogens with one attached hydrogen (secondary N) is 1. The van der Waals surface area contributed by atoms with Crippen molar-refractivity contribution in [3.63, 3.8) is 0 Å². The standard InChI is InChI=1S/C13H24N4S2/c1-6-14-10-9(7-8-13(10,2)3)18-12-16-15-11(19-12)17(4)5/h9-10,14H,6-8H2,1-5H3. The molecule has 1 aromatic heterocycles. The Morgan fingerprint density at radius 2 is 2.16 bits per heavy atom. The maximum Gasteiger partial charge on any atom is 0.208 e. The van der Waals surface area contributed by atoms with Crippen molar-refractivity contribution >= 4 is 28.2 Å². The lowest BCUT2D eigenvalue weighted by atomic mass is 9.87. The second-order valence-electron chi connectivity index (χ2n) is 5.96. The van der Waals surface area contributed by atoms with Gasteiger partial charge in [-0.3, -0.25) is 0 Å². The van der Waals surface area contributed by atoms with Crippen molar-refractivity contribution in [1.29, 1.82) is 0 Å². The van der Waals surface area contributed by atoms with Gasteiger partial charge in [0, 0.05) is 25.4 Å². The summed E-state index contributed by atoms with van der Waals surface area (Å²) in [5.74, 6) is 0. The maximum atomic E-state index is 4.31. The van der Waals surface area contributed by atoms with Crippen LogP contribution in [0.15, 0.2) is 4.34 Å². The van der Waals surface area contributed by atoms with E-state index in [2.05, 4.69) is 36.3 Å². The number of anilines is 1. The fourth-order valence-corrected chi connectivity index (χ4v) is 5.13. The van der Waals surface area contributed by atoms with Gasteiger partial charge >= 0.3 is 0 Å². The minimum Gasteiger partial charge on any atom is -0.353 e. The van der Waals surface area contributed by atoms with E-state index in [1.807, 2.05) is 30.8 Å². The number of hydrogen-bond acceptors (Lipinski definition) is 6. The van der Waals surface area contributed by atoms with E-state index in [1.54, 1.807) is 11.3 Å². The van der Waals surface area contributed by atoms with E-state index in [9.17, 15) is 0 Å². The molecule has 0 radical (unpaired) electrons. The summed E-state index contributed by atoms with van der Waals surface area (Å²) in [6.45, 7) is 7.95. The van der Waals surface area contributed by atoms with Gasteiger partial charge in [-0.2, -0.15) is 0 Å². The molecule has 0 aliphatic heterocycles. The number of rotatable bonds is 5. The minimum atomic E-state index is 0.378. The normalized spacial score (nSPS) is 25.7. The Hall–Kier alpha value is -0.330. The first kappa shape index (κ1) is 15.1. The fraction of sp³-hybridized carbons (Fsp3) is 0.846. The molecule has 0 aromatic carbocycles. The third kappa shape index (κ3) is 3.41. The third-order valence-electron chi connectivity index (χ3n) is 3.74. The van der Waals surface area contributed by atoms with Gasteiger partial charge in [0.1, 0.15) is 0 Å². The Balaban J connectivity index is 2.05. The molecule has 19 heavy (non-hydrogen) atoms. The maximum absolute atomic E-state index is 4.31. The van der Waals surface area contributed by atoms with E-state index in [1.165, 1.54) is 12.8 Å². The molecule has 0 amide bonds. The van der Waals surface area contributed by atoms with Crippen molar-refractivity contribution in [2.24, 2.45) is 5.41 Å². The monoisotopic (exact) mass is 300 g/mol. The highest BCUT2D eigenvalue weighted by atomic mass is 32.2. The largest absolute Gasteiger partial charge is 0.353 e. The Kier molecular flexibility index (Phi) is 4.74. The lowest BCUT2D eigenvalue weighted by molar-refractivity contribution is 0.290. The molecule has 2 rings (SSSR count). The number of hydrogen-bond donors (Lipinski definition) is 1. The highest BCUT2D eigenvalue weighted by Gasteiger charge is 2.42. The van der Waals surface area contributed by atoms with Gasteiger partial charge in [0.15, 0.2) is 4.34 Å². The van der Waals surface area contributed by atoms with E-state index in [0.717, 1.165) is 16.0 Å². The summed E-state index contributed by atoms with van der Waals surface area (Å²) >= 11 is 3.58. The molecule has 1 saturated carbocycles. The zero-order valence-electron chi connectivity index (χ0n) is 12.4. The molecule has 1 N–H and O–H groups in total. The molecule has 1 aromatic rings. The van der Waals surface area contributed by atoms with Crippen LogP contribution in [0, 0.1) is 5.41 Å². The predicted molar refractivity (Wildman–Crippen MR) is 84.4 cm³/mol. The summed E-state index contributed by atoms with van der Waals surface area (Å²) in [7, 11) is 4.02. The van der Waals surface area contributed by atoms with Crippen molar-refractivity contribution in [3.05, 3.63) is 0 Å². The topological polar surface area (TPSA) is 41.1 Å². The molecule has 2 atom stereocenters. The van der Waals surface area contributed by atoms with E-state index >= 15 is 0 Å². The Morgan fingerprint density at radius 1 is 1.42 bits per heavy atom. The molecule has 6 heteroatoms. The van der Waals surface area contributed by atoms with Gasteiger partial charge < -0.3 is 10.2 Å². The Bertz CT molecular complexity index is 417. The Labute approximate surface area is 124 Å². The molecule has 108 valence electrons. The summed E-state index contributed by atoms with van der Waals surface area (Å²) in [5, 5.41) is 13.8. The molecule has 1 heterocycles. The first-order valence-electron chi connectivity index (χ1n) is 6.85. The Morgan fingerprint density at radius 3 is 2.74 bits per heavy atom. The highest BCUT2D eigenvalue weighted by molar-refractivity contribution is 8.01. The molecule has 0 spiro atoms. The van der Waals surface area contributed by atoms with Gasteiger partial charge in [0.2, 0.25) is 5.13 Å². The van der Waals surface area contributed by atoms with Crippen LogP contribution in [0.3, 0.4) is 0 Å². The van der Waals surface area contributed by atoms with Crippen LogP contribution in [0.5, 0.6) is 0 Å². The highest BCUT2D eigenvalue weighted by Crippen LogP contribution is 2.45. The van der Waals surface area contributed by atoms with Crippen molar-refractivity contribution in [2.45, 2.75) is 49.2 Å². The molecule has 1 aliphatic rings. The number of nitrogens with zero attached hydrogens (tertiary/aromatic N) is 3. The molecule has 0 saturated heterocycles. The summed E-state index contributed by atoms with van der Waals surface area (Å²) < 4.78 is 1.09. The summed E-state index contributed by atoms with van der Waals surface area (Å²) in [6, 6.07) is 0.564. The van der Waals surface area contributed by atoms with Gasteiger partial charge in [-0.05, 0) is 24.8 Å². The van der Waals surface area contributed by atoms with Crippen molar-refractivity contribution in [2.75, 3.05) is 25.5 Å². The van der Waals surface area contributed by atoms with Crippen molar-refractivity contribution in [1.82, 2.24) is 15.5 Å². The van der Waals surface area contributed by atoms with Gasteiger partial charge in [0.05, 0.1) is 0 Å². The first-order chi connectivity index (χ1) is 8.94. The average molecular weight is 300 g/mol. The number of thioether (sulfide) groups is 1. The van der Waals surface area contributed by atoms with Gasteiger partial charge in [-0.15, -0.1) is 10.2 Å². The van der Waals surface area contributed by atoms with Crippen molar-refractivity contribution in [3.8, 4) is 0 Å². The lowest BCUT2D eigenvalue weighted by Crippen LogP contribution is -2.43. The second kappa shape index (κ2) is 5.97. The summed E-state index contributed by atoms with van der Waals surface area (Å²) in [6.07, 6.45) is 2.54. The fourth-order valence-electron chi connectivity index (χ4n) is 2.65. The van der Waals surface area contributed by atoms with Gasteiger partial charge in [-0.1, -0.05) is 43.9 Å². The van der Waals surface area contributed by atoms with E-state index in [4.69, 9.17) is 0 Å². The zero-order chi connectivity index (χ0) is 14.0. The quantitative estimate of drug-likeness (QED) is 0.905. The lowest BCUT2D eigenvalue weighted by Gasteiger charge is -2.30. The average Bonchev–Trinajstić information content (AvgIpc) is 2.89. The van der Waals surface area contributed by atoms with Crippen LogP contribution in [-0.2, 0) is 0 Å². The van der Waals surface area contributed by atoms with Crippen molar-refractivity contribution < 1.29 is 0 Å². The molecule has 1 aliphatic carbocycles. The zero-order valence-corrected chi connectivity index (χ0v) is 14.1. The first-order valence-corrected chi connectivity index (χ1v) is 8.54. The van der Waals surface area contributed by atoms with E-state index < -0.39 is 0 Å². The van der Waals surface area contributed by atoms with Crippen LogP contribution in [0.2, 0.25) is 0 Å². The molecular weight excluding hydrogens is 276 g/mol. The predicted octanol–water partition coefficient (Wildman–Crippen LogP) is 2.86.